The second-order valence-electron chi connectivity index (χ2n) is 7.63. The van der Waals surface area contributed by atoms with E-state index in [1.54, 1.807) is 9.58 Å². The maximum atomic E-state index is 12.0. The molecular weight excluding hydrogens is 332 g/mol. The first-order valence-corrected chi connectivity index (χ1v) is 8.76. The molecule has 1 fully saturated rings. The molecule has 1 aromatic carbocycles. The maximum absolute atomic E-state index is 12.0. The first-order chi connectivity index (χ1) is 12.2. The number of carbonyl (C=O) groups is 1. The minimum atomic E-state index is -0.475. The summed E-state index contributed by atoms with van der Waals surface area (Å²) in [6, 6.07) is 9.70. The summed E-state index contributed by atoms with van der Waals surface area (Å²) in [5.41, 5.74) is 7.39. The van der Waals surface area contributed by atoms with Gasteiger partial charge in [0.05, 0.1) is 17.9 Å². The lowest BCUT2D eigenvalue weighted by atomic mass is 10.0. The van der Waals surface area contributed by atoms with Gasteiger partial charge in [0.2, 0.25) is 5.88 Å². The number of rotatable bonds is 4. The molecule has 2 aromatic rings. The van der Waals surface area contributed by atoms with E-state index < -0.39 is 5.60 Å². The molecule has 0 unspecified atom stereocenters. The molecule has 0 saturated carbocycles. The lowest BCUT2D eigenvalue weighted by Crippen LogP contribution is -2.53. The Morgan fingerprint density at radius 1 is 1.27 bits per heavy atom. The SMILES string of the molecule is Cc1c(OCC2CN(C(=O)OC(C)(C)C)C2)nn(-c2ccccc2)c1N. The number of hydrogen-bond donors (Lipinski definition) is 1. The van der Waals surface area contributed by atoms with Crippen LogP contribution in [0.1, 0.15) is 26.3 Å². The number of ether oxygens (including phenoxy) is 2. The van der Waals surface area contributed by atoms with Gasteiger partial charge in [-0.05, 0) is 39.8 Å². The van der Waals surface area contributed by atoms with E-state index in [4.69, 9.17) is 15.2 Å². The van der Waals surface area contributed by atoms with Crippen LogP contribution in [0.3, 0.4) is 0 Å². The third-order valence-electron chi connectivity index (χ3n) is 4.19. The number of anilines is 1. The largest absolute Gasteiger partial charge is 0.476 e. The van der Waals surface area contributed by atoms with Crippen LogP contribution in [0, 0.1) is 12.8 Å². The van der Waals surface area contributed by atoms with E-state index in [2.05, 4.69) is 5.10 Å². The maximum Gasteiger partial charge on any atom is 0.410 e. The van der Waals surface area contributed by atoms with Gasteiger partial charge in [0, 0.05) is 19.0 Å². The molecule has 0 spiro atoms. The second kappa shape index (κ2) is 6.90. The zero-order valence-corrected chi connectivity index (χ0v) is 15.7. The molecule has 0 radical (unpaired) electrons. The van der Waals surface area contributed by atoms with Gasteiger partial charge in [0.15, 0.2) is 0 Å². The Morgan fingerprint density at radius 2 is 1.92 bits per heavy atom. The van der Waals surface area contributed by atoms with Gasteiger partial charge in [-0.15, -0.1) is 5.10 Å². The quantitative estimate of drug-likeness (QED) is 0.908. The van der Waals surface area contributed by atoms with Crippen LogP contribution in [0.25, 0.3) is 5.69 Å². The second-order valence-corrected chi connectivity index (χ2v) is 7.63. The third kappa shape index (κ3) is 3.92. The molecule has 7 heteroatoms. The highest BCUT2D eigenvalue weighted by atomic mass is 16.6. The molecule has 7 nitrogen and oxygen atoms in total. The van der Waals surface area contributed by atoms with Crippen molar-refractivity contribution in [1.82, 2.24) is 14.7 Å². The molecule has 1 amide bonds. The van der Waals surface area contributed by atoms with Gasteiger partial charge in [-0.2, -0.15) is 0 Å². The fourth-order valence-electron chi connectivity index (χ4n) is 2.74. The highest BCUT2D eigenvalue weighted by molar-refractivity contribution is 5.69. The van der Waals surface area contributed by atoms with E-state index in [9.17, 15) is 4.79 Å². The highest BCUT2D eigenvalue weighted by Crippen LogP contribution is 2.27. The molecule has 1 saturated heterocycles. The van der Waals surface area contributed by atoms with E-state index in [0.29, 0.717) is 31.4 Å². The summed E-state index contributed by atoms with van der Waals surface area (Å²) in [4.78, 5) is 13.6. The lowest BCUT2D eigenvalue weighted by molar-refractivity contribution is -0.00814. The van der Waals surface area contributed by atoms with E-state index in [0.717, 1.165) is 11.3 Å². The van der Waals surface area contributed by atoms with Crippen LogP contribution in [-0.4, -0.2) is 46.1 Å². The number of amides is 1. The summed E-state index contributed by atoms with van der Waals surface area (Å²) in [5, 5.41) is 4.48. The molecule has 2 heterocycles. The molecule has 0 aliphatic carbocycles. The Morgan fingerprint density at radius 3 is 2.54 bits per heavy atom. The standard InChI is InChI=1S/C19H26N4O3/c1-13-16(20)23(15-8-6-5-7-9-15)21-17(13)25-12-14-10-22(11-14)18(24)26-19(2,3)4/h5-9,14H,10-12,20H2,1-4H3. The molecule has 0 bridgehead atoms. The Kier molecular flexibility index (Phi) is 4.80. The first-order valence-electron chi connectivity index (χ1n) is 8.76. The number of hydrogen-bond acceptors (Lipinski definition) is 5. The predicted octanol–water partition coefficient (Wildman–Crippen LogP) is 3.01. The van der Waals surface area contributed by atoms with Crippen molar-refractivity contribution in [3.8, 4) is 11.6 Å². The van der Waals surface area contributed by atoms with Gasteiger partial charge in [0.1, 0.15) is 11.4 Å². The lowest BCUT2D eigenvalue weighted by Gasteiger charge is -2.39. The number of nitrogens with two attached hydrogens (primary N) is 1. The summed E-state index contributed by atoms with van der Waals surface area (Å²) in [5.74, 6) is 1.36. The molecule has 1 aromatic heterocycles. The van der Waals surface area contributed by atoms with E-state index in [1.165, 1.54) is 0 Å². The average Bonchev–Trinajstić information content (AvgIpc) is 2.81. The van der Waals surface area contributed by atoms with Crippen molar-refractivity contribution in [1.29, 1.82) is 0 Å². The van der Waals surface area contributed by atoms with Crippen molar-refractivity contribution in [2.24, 2.45) is 5.92 Å². The Balaban J connectivity index is 1.55. The average molecular weight is 358 g/mol. The molecule has 2 N–H and O–H groups in total. The van der Waals surface area contributed by atoms with Crippen LogP contribution in [-0.2, 0) is 4.74 Å². The van der Waals surface area contributed by atoms with Crippen molar-refractivity contribution in [2.45, 2.75) is 33.3 Å². The van der Waals surface area contributed by atoms with Crippen LogP contribution >= 0.6 is 0 Å². The van der Waals surface area contributed by atoms with Gasteiger partial charge in [0.25, 0.3) is 0 Å². The fourth-order valence-corrected chi connectivity index (χ4v) is 2.74. The van der Waals surface area contributed by atoms with Crippen LogP contribution in [0.4, 0.5) is 10.6 Å². The third-order valence-corrected chi connectivity index (χ3v) is 4.19. The van der Waals surface area contributed by atoms with Gasteiger partial charge in [-0.25, -0.2) is 9.48 Å². The Bertz CT molecular complexity index is 774. The smallest absolute Gasteiger partial charge is 0.410 e. The Hall–Kier alpha value is -2.70. The molecule has 3 rings (SSSR count). The topological polar surface area (TPSA) is 82.6 Å². The summed E-state index contributed by atoms with van der Waals surface area (Å²) in [6.07, 6.45) is -0.275. The molecule has 140 valence electrons. The zero-order chi connectivity index (χ0) is 18.9. The van der Waals surface area contributed by atoms with E-state index >= 15 is 0 Å². The highest BCUT2D eigenvalue weighted by Gasteiger charge is 2.34. The van der Waals surface area contributed by atoms with Gasteiger partial charge in [-0.1, -0.05) is 18.2 Å². The number of nitrogens with zero attached hydrogens (tertiary/aromatic N) is 3. The number of carbonyl (C=O) groups excluding carboxylic acids is 1. The zero-order valence-electron chi connectivity index (χ0n) is 15.7. The normalized spacial score (nSPS) is 14.8. The van der Waals surface area contributed by atoms with E-state index in [-0.39, 0.29) is 12.0 Å². The van der Waals surface area contributed by atoms with Crippen LogP contribution < -0.4 is 10.5 Å². The van der Waals surface area contributed by atoms with Crippen LogP contribution in [0.5, 0.6) is 5.88 Å². The summed E-state index contributed by atoms with van der Waals surface area (Å²) in [6.45, 7) is 9.23. The van der Waals surface area contributed by atoms with Gasteiger partial charge >= 0.3 is 6.09 Å². The Labute approximate surface area is 153 Å². The molecule has 1 aliphatic rings. The first kappa shape index (κ1) is 18.1. The van der Waals surface area contributed by atoms with Gasteiger partial charge < -0.3 is 20.1 Å². The minimum absolute atomic E-state index is 0.269. The number of likely N-dealkylation sites (tertiary alicyclic amines) is 1. The number of para-hydroxylation sites is 1. The molecule has 26 heavy (non-hydrogen) atoms. The van der Waals surface area contributed by atoms with Gasteiger partial charge in [-0.3, -0.25) is 0 Å². The monoisotopic (exact) mass is 358 g/mol. The fraction of sp³-hybridized carbons (Fsp3) is 0.474. The van der Waals surface area contributed by atoms with Crippen LogP contribution in [0.2, 0.25) is 0 Å². The van der Waals surface area contributed by atoms with Crippen molar-refractivity contribution < 1.29 is 14.3 Å². The molecule has 0 atom stereocenters. The van der Waals surface area contributed by atoms with E-state index in [1.807, 2.05) is 58.0 Å². The molecular formula is C19H26N4O3. The number of nitrogen functional groups attached to an aromatic ring is 1. The predicted molar refractivity (Wildman–Crippen MR) is 99.5 cm³/mol. The molecule has 1 aliphatic heterocycles. The summed E-state index contributed by atoms with van der Waals surface area (Å²) in [7, 11) is 0. The number of benzene rings is 1. The van der Waals surface area contributed by atoms with Crippen molar-refractivity contribution in [3.63, 3.8) is 0 Å². The van der Waals surface area contributed by atoms with Crippen LogP contribution in [0.15, 0.2) is 30.3 Å². The summed E-state index contributed by atoms with van der Waals surface area (Å²) < 4.78 is 12.9. The summed E-state index contributed by atoms with van der Waals surface area (Å²) >= 11 is 0. The van der Waals surface area contributed by atoms with Crippen molar-refractivity contribution in [3.05, 3.63) is 35.9 Å². The minimum Gasteiger partial charge on any atom is -0.476 e. The van der Waals surface area contributed by atoms with Crippen molar-refractivity contribution >= 4 is 11.9 Å². The number of aromatic nitrogens is 2. The van der Waals surface area contributed by atoms with Crippen molar-refractivity contribution in [2.75, 3.05) is 25.4 Å².